The Bertz CT molecular complexity index is 528. The van der Waals surface area contributed by atoms with E-state index in [9.17, 15) is 0 Å². The molecule has 1 aromatic heterocycles. The molecule has 2 aromatic rings. The lowest BCUT2D eigenvalue weighted by Gasteiger charge is -2.20. The van der Waals surface area contributed by atoms with E-state index < -0.39 is 0 Å². The lowest BCUT2D eigenvalue weighted by Crippen LogP contribution is -2.23. The van der Waals surface area contributed by atoms with Crippen LogP contribution >= 0.6 is 11.6 Å². The molecule has 1 N–H and O–H groups in total. The maximum absolute atomic E-state index is 5.90. The van der Waals surface area contributed by atoms with Gasteiger partial charge in [0.25, 0.3) is 0 Å². The average Bonchev–Trinajstić information content (AvgIpc) is 2.69. The Morgan fingerprint density at radius 2 is 1.74 bits per heavy atom. The van der Waals surface area contributed by atoms with Crippen LogP contribution in [0.15, 0.2) is 28.8 Å². The molecule has 0 aliphatic carbocycles. The van der Waals surface area contributed by atoms with Gasteiger partial charge in [0.1, 0.15) is 5.76 Å². The summed E-state index contributed by atoms with van der Waals surface area (Å²) >= 11 is 5.90. The van der Waals surface area contributed by atoms with E-state index in [2.05, 4.69) is 24.3 Å². The summed E-state index contributed by atoms with van der Waals surface area (Å²) < 4.78 is 5.21. The maximum atomic E-state index is 5.90. The number of nitrogens with zero attached hydrogens (tertiary/aromatic N) is 1. The van der Waals surface area contributed by atoms with Crippen molar-refractivity contribution >= 4 is 11.6 Å². The minimum atomic E-state index is 0.192. The van der Waals surface area contributed by atoms with Crippen molar-refractivity contribution in [2.24, 2.45) is 0 Å². The highest BCUT2D eigenvalue weighted by Crippen LogP contribution is 2.24. The van der Waals surface area contributed by atoms with E-state index in [-0.39, 0.29) is 12.1 Å². The molecule has 19 heavy (non-hydrogen) atoms. The normalized spacial score (nSPS) is 14.4. The highest BCUT2D eigenvalue weighted by Gasteiger charge is 2.18. The quantitative estimate of drug-likeness (QED) is 0.903. The Morgan fingerprint density at radius 1 is 1.11 bits per heavy atom. The third-order valence-electron chi connectivity index (χ3n) is 3.39. The number of aromatic nitrogens is 1. The largest absolute Gasteiger partial charge is 0.361 e. The molecule has 1 aromatic carbocycles. The van der Waals surface area contributed by atoms with E-state index in [1.54, 1.807) is 0 Å². The van der Waals surface area contributed by atoms with E-state index in [4.69, 9.17) is 16.1 Å². The molecule has 4 heteroatoms. The van der Waals surface area contributed by atoms with Gasteiger partial charge in [-0.1, -0.05) is 28.9 Å². The summed E-state index contributed by atoms with van der Waals surface area (Å²) in [6.45, 7) is 8.17. The lowest BCUT2D eigenvalue weighted by molar-refractivity contribution is 0.389. The average molecular weight is 279 g/mol. The molecule has 2 unspecified atom stereocenters. The number of rotatable bonds is 4. The van der Waals surface area contributed by atoms with Crippen LogP contribution in [0.3, 0.4) is 0 Å². The van der Waals surface area contributed by atoms with Crippen molar-refractivity contribution in [3.8, 4) is 0 Å². The highest BCUT2D eigenvalue weighted by atomic mass is 35.5. The Labute approximate surface area is 118 Å². The molecule has 0 bridgehead atoms. The first-order valence-electron chi connectivity index (χ1n) is 6.43. The second-order valence-corrected chi connectivity index (χ2v) is 5.34. The summed E-state index contributed by atoms with van der Waals surface area (Å²) in [6, 6.07) is 8.34. The van der Waals surface area contributed by atoms with Crippen LogP contribution in [0.25, 0.3) is 0 Å². The molecule has 0 aliphatic heterocycles. The van der Waals surface area contributed by atoms with Gasteiger partial charge < -0.3 is 9.84 Å². The molecule has 3 nitrogen and oxygen atoms in total. The van der Waals surface area contributed by atoms with E-state index in [1.165, 1.54) is 5.56 Å². The monoisotopic (exact) mass is 278 g/mol. The molecule has 2 rings (SSSR count). The standard InChI is InChI=1S/C15H19ClN2O/c1-9(13-5-7-14(16)8-6-13)17-10(2)15-11(3)18-19-12(15)4/h5-10,17H,1-4H3. The van der Waals surface area contributed by atoms with Gasteiger partial charge in [0.05, 0.1) is 5.69 Å². The van der Waals surface area contributed by atoms with Crippen LogP contribution in [-0.2, 0) is 0 Å². The van der Waals surface area contributed by atoms with E-state index >= 15 is 0 Å². The van der Waals surface area contributed by atoms with Gasteiger partial charge in [-0.3, -0.25) is 0 Å². The fraction of sp³-hybridized carbons (Fsp3) is 0.400. The van der Waals surface area contributed by atoms with Gasteiger partial charge >= 0.3 is 0 Å². The second kappa shape index (κ2) is 5.76. The number of aryl methyl sites for hydroxylation is 2. The first-order valence-corrected chi connectivity index (χ1v) is 6.81. The molecule has 0 amide bonds. The fourth-order valence-corrected chi connectivity index (χ4v) is 2.54. The molecular formula is C15H19ClN2O. The molecule has 102 valence electrons. The zero-order chi connectivity index (χ0) is 14.0. The van der Waals surface area contributed by atoms with Crippen molar-refractivity contribution in [2.45, 2.75) is 39.8 Å². The fourth-order valence-electron chi connectivity index (χ4n) is 2.41. The van der Waals surface area contributed by atoms with Crippen LogP contribution in [-0.4, -0.2) is 5.16 Å². The number of hydrogen-bond donors (Lipinski definition) is 1. The molecule has 0 spiro atoms. The van der Waals surface area contributed by atoms with Crippen LogP contribution in [0.5, 0.6) is 0 Å². The Hall–Kier alpha value is -1.32. The molecule has 0 radical (unpaired) electrons. The zero-order valence-electron chi connectivity index (χ0n) is 11.7. The van der Waals surface area contributed by atoms with Crippen LogP contribution in [0, 0.1) is 13.8 Å². The smallest absolute Gasteiger partial charge is 0.138 e. The molecule has 0 saturated carbocycles. The highest BCUT2D eigenvalue weighted by molar-refractivity contribution is 6.30. The van der Waals surface area contributed by atoms with Crippen LogP contribution in [0.4, 0.5) is 0 Å². The van der Waals surface area contributed by atoms with Gasteiger partial charge in [-0.05, 0) is 45.4 Å². The van der Waals surface area contributed by atoms with E-state index in [1.807, 2.05) is 38.1 Å². The number of nitrogens with one attached hydrogen (secondary N) is 1. The maximum Gasteiger partial charge on any atom is 0.138 e. The summed E-state index contributed by atoms with van der Waals surface area (Å²) in [4.78, 5) is 0. The van der Waals surface area contributed by atoms with Crippen molar-refractivity contribution in [3.63, 3.8) is 0 Å². The Morgan fingerprint density at radius 3 is 2.26 bits per heavy atom. The predicted octanol–water partition coefficient (Wildman–Crippen LogP) is 4.36. The molecule has 2 atom stereocenters. The Balaban J connectivity index is 2.10. The van der Waals surface area contributed by atoms with Crippen LogP contribution in [0.1, 0.15) is 48.5 Å². The molecule has 0 fully saturated rings. The minimum Gasteiger partial charge on any atom is -0.361 e. The summed E-state index contributed by atoms with van der Waals surface area (Å²) in [7, 11) is 0. The van der Waals surface area contributed by atoms with Gasteiger partial charge in [-0.2, -0.15) is 0 Å². The minimum absolute atomic E-state index is 0.192. The lowest BCUT2D eigenvalue weighted by atomic mass is 10.0. The van der Waals surface area contributed by atoms with Crippen molar-refractivity contribution in [1.29, 1.82) is 0 Å². The first-order chi connectivity index (χ1) is 8.99. The van der Waals surface area contributed by atoms with E-state index in [0.29, 0.717) is 0 Å². The second-order valence-electron chi connectivity index (χ2n) is 4.90. The van der Waals surface area contributed by atoms with Crippen LogP contribution < -0.4 is 5.32 Å². The third-order valence-corrected chi connectivity index (χ3v) is 3.64. The van der Waals surface area contributed by atoms with Crippen molar-refractivity contribution < 1.29 is 4.52 Å². The number of hydrogen-bond acceptors (Lipinski definition) is 3. The zero-order valence-corrected chi connectivity index (χ0v) is 12.5. The first kappa shape index (κ1) is 14.1. The van der Waals surface area contributed by atoms with Crippen molar-refractivity contribution in [2.75, 3.05) is 0 Å². The summed E-state index contributed by atoms with van der Waals surface area (Å²) in [6.07, 6.45) is 0. The number of halogens is 1. The van der Waals surface area contributed by atoms with Gasteiger partial charge in [-0.15, -0.1) is 0 Å². The van der Waals surface area contributed by atoms with Gasteiger partial charge in [-0.25, -0.2) is 0 Å². The van der Waals surface area contributed by atoms with Crippen molar-refractivity contribution in [1.82, 2.24) is 10.5 Å². The van der Waals surface area contributed by atoms with Gasteiger partial charge in [0.2, 0.25) is 0 Å². The SMILES string of the molecule is Cc1noc(C)c1C(C)NC(C)c1ccc(Cl)cc1. The molecule has 0 aliphatic rings. The topological polar surface area (TPSA) is 38.1 Å². The third kappa shape index (κ3) is 3.17. The van der Waals surface area contributed by atoms with Crippen LogP contribution in [0.2, 0.25) is 5.02 Å². The molecule has 0 saturated heterocycles. The molecular weight excluding hydrogens is 260 g/mol. The number of benzene rings is 1. The van der Waals surface area contributed by atoms with Gasteiger partial charge in [0.15, 0.2) is 0 Å². The molecule has 1 heterocycles. The van der Waals surface area contributed by atoms with E-state index in [0.717, 1.165) is 22.0 Å². The summed E-state index contributed by atoms with van der Waals surface area (Å²) in [5.74, 6) is 0.876. The van der Waals surface area contributed by atoms with Gasteiger partial charge in [0, 0.05) is 22.7 Å². The summed E-state index contributed by atoms with van der Waals surface area (Å²) in [5.41, 5.74) is 3.30. The Kier molecular flexibility index (Phi) is 4.27. The summed E-state index contributed by atoms with van der Waals surface area (Å²) in [5, 5.41) is 8.31. The van der Waals surface area contributed by atoms with Crippen molar-refractivity contribution in [3.05, 3.63) is 51.9 Å². The predicted molar refractivity (Wildman–Crippen MR) is 77.4 cm³/mol.